The molecule has 3 atom stereocenters. The van der Waals surface area contributed by atoms with Gasteiger partial charge in [0.05, 0.1) is 29.2 Å². The molecule has 1 saturated carbocycles. The van der Waals surface area contributed by atoms with Gasteiger partial charge in [0.15, 0.2) is 9.84 Å². The van der Waals surface area contributed by atoms with E-state index in [2.05, 4.69) is 29.7 Å². The van der Waals surface area contributed by atoms with E-state index in [4.69, 9.17) is 5.73 Å². The summed E-state index contributed by atoms with van der Waals surface area (Å²) < 4.78 is 53.9. The van der Waals surface area contributed by atoms with Crippen LogP contribution in [0, 0.1) is 11.6 Å². The fourth-order valence-corrected chi connectivity index (χ4v) is 7.50. The minimum Gasteiger partial charge on any atom is -0.390 e. The van der Waals surface area contributed by atoms with Gasteiger partial charge in [-0.1, -0.05) is 57.9 Å². The van der Waals surface area contributed by atoms with Crippen LogP contribution in [-0.4, -0.2) is 55.2 Å². The zero-order valence-corrected chi connectivity index (χ0v) is 25.2. The Hall–Kier alpha value is -2.40. The second-order valence-electron chi connectivity index (χ2n) is 11.3. The van der Waals surface area contributed by atoms with Crippen molar-refractivity contribution in [3.63, 3.8) is 0 Å². The van der Waals surface area contributed by atoms with Crippen LogP contribution >= 0.6 is 0 Å². The van der Waals surface area contributed by atoms with E-state index in [0.717, 1.165) is 43.0 Å². The van der Waals surface area contributed by atoms with E-state index in [1.165, 1.54) is 5.56 Å². The number of carbonyl (C=O) groups is 1. The van der Waals surface area contributed by atoms with Crippen LogP contribution in [0.4, 0.5) is 8.78 Å². The van der Waals surface area contributed by atoms with Crippen LogP contribution in [0.1, 0.15) is 76.0 Å². The average Bonchev–Trinajstić information content (AvgIpc) is 3.71. The smallest absolute Gasteiger partial charge is 0.238 e. The van der Waals surface area contributed by atoms with E-state index in [1.807, 2.05) is 26.0 Å². The molecule has 0 saturated heterocycles. The van der Waals surface area contributed by atoms with Crippen molar-refractivity contribution in [2.75, 3.05) is 12.3 Å². The van der Waals surface area contributed by atoms with E-state index in [-0.39, 0.29) is 24.1 Å². The summed E-state index contributed by atoms with van der Waals surface area (Å²) in [4.78, 5) is 13.1. The number of rotatable bonds is 17. The predicted octanol–water partition coefficient (Wildman–Crippen LogP) is 3.91. The Bertz CT molecular complexity index is 1240. The lowest BCUT2D eigenvalue weighted by atomic mass is 9.98. The molecule has 0 heterocycles. The Morgan fingerprint density at radius 2 is 1.66 bits per heavy atom. The first-order chi connectivity index (χ1) is 19.4. The van der Waals surface area contributed by atoms with Gasteiger partial charge in [-0.2, -0.15) is 0 Å². The maximum atomic E-state index is 13.9. The molecule has 1 amide bonds. The summed E-state index contributed by atoms with van der Waals surface area (Å²) in [5, 5.41) is 16.8. The van der Waals surface area contributed by atoms with E-state index >= 15 is 0 Å². The molecule has 10 heteroatoms. The molecule has 2 aromatic carbocycles. The molecular weight excluding hydrogens is 548 g/mol. The van der Waals surface area contributed by atoms with Crippen molar-refractivity contribution in [3.8, 4) is 0 Å². The van der Waals surface area contributed by atoms with Gasteiger partial charge < -0.3 is 21.5 Å². The fraction of sp³-hybridized carbons (Fsp3) is 0.581. The highest BCUT2D eigenvalue weighted by Crippen LogP contribution is 2.45. The second-order valence-corrected chi connectivity index (χ2v) is 13.6. The Kier molecular flexibility index (Phi) is 11.8. The number of aryl methyl sites for hydroxylation is 1. The molecule has 0 radical (unpaired) electrons. The number of hydrogen-bond acceptors (Lipinski definition) is 6. The Balaban J connectivity index is 1.75. The molecule has 3 rings (SSSR count). The number of sulfone groups is 1. The first kappa shape index (κ1) is 33.1. The number of amides is 1. The molecule has 2 aromatic rings. The van der Waals surface area contributed by atoms with Crippen molar-refractivity contribution in [1.29, 1.82) is 0 Å². The highest BCUT2D eigenvalue weighted by atomic mass is 32.2. The van der Waals surface area contributed by atoms with Crippen LogP contribution in [0.25, 0.3) is 0 Å². The van der Waals surface area contributed by atoms with Crippen molar-refractivity contribution < 1.29 is 27.1 Å². The van der Waals surface area contributed by atoms with Crippen LogP contribution in [0.2, 0.25) is 0 Å². The summed E-state index contributed by atoms with van der Waals surface area (Å²) >= 11 is 0. The van der Waals surface area contributed by atoms with Crippen LogP contribution in [0.15, 0.2) is 42.5 Å². The molecular formula is C31H45F2N3O4S. The maximum Gasteiger partial charge on any atom is 0.238 e. The summed E-state index contributed by atoms with van der Waals surface area (Å²) in [5.74, 6) is -2.80. The summed E-state index contributed by atoms with van der Waals surface area (Å²) in [5.41, 5.74) is 8.36. The molecule has 0 spiro atoms. The van der Waals surface area contributed by atoms with Gasteiger partial charge >= 0.3 is 0 Å². The highest BCUT2D eigenvalue weighted by Gasteiger charge is 2.44. The summed E-state index contributed by atoms with van der Waals surface area (Å²) in [6, 6.07) is 8.98. The number of halogens is 2. The van der Waals surface area contributed by atoms with Crippen LogP contribution in [-0.2, 0) is 33.0 Å². The van der Waals surface area contributed by atoms with Crippen molar-refractivity contribution >= 4 is 15.7 Å². The van der Waals surface area contributed by atoms with Crippen LogP contribution < -0.4 is 16.4 Å². The van der Waals surface area contributed by atoms with Crippen molar-refractivity contribution in [2.45, 2.75) is 101 Å². The standard InChI is InChI=1S/C31H45F2N3O4S/c1-4-8-26(9-5-2)41(39,40)20-27(34)30(38)36-28(17-22-15-24(32)18-25(33)16-22)29(37)19-35-31(12-13-31)23-11-7-10-21(6-3)14-23/h7,10-11,14-16,18,26-29,35,37H,4-6,8-9,12-13,17,19-20,34H2,1-3H3,(H,36,38)/t27-,28+,29-/m1/s1. The van der Waals surface area contributed by atoms with Gasteiger partial charge in [0.2, 0.25) is 5.91 Å². The van der Waals surface area contributed by atoms with Gasteiger partial charge in [-0.3, -0.25) is 4.79 Å². The lowest BCUT2D eigenvalue weighted by Gasteiger charge is -2.28. The van der Waals surface area contributed by atoms with Crippen LogP contribution in [0.3, 0.4) is 0 Å². The fourth-order valence-electron chi connectivity index (χ4n) is 5.39. The highest BCUT2D eigenvalue weighted by molar-refractivity contribution is 7.92. The van der Waals surface area contributed by atoms with Crippen molar-refractivity contribution in [2.24, 2.45) is 5.73 Å². The molecule has 7 nitrogen and oxygen atoms in total. The van der Waals surface area contributed by atoms with Gasteiger partial charge in [0.25, 0.3) is 0 Å². The molecule has 5 N–H and O–H groups in total. The summed E-state index contributed by atoms with van der Waals surface area (Å²) in [6.45, 7) is 6.00. The SMILES string of the molecule is CCCC(CCC)S(=O)(=O)C[C@@H](N)C(=O)N[C@@H](Cc1cc(F)cc(F)c1)[C@H](O)CNC1(c2cccc(CC)c2)CC1. The number of benzene rings is 2. The quantitative estimate of drug-likeness (QED) is 0.221. The minimum absolute atomic E-state index is 0.0741. The summed E-state index contributed by atoms with van der Waals surface area (Å²) in [6.07, 6.45) is 3.83. The number of nitrogens with one attached hydrogen (secondary N) is 2. The zero-order chi connectivity index (χ0) is 30.2. The summed E-state index contributed by atoms with van der Waals surface area (Å²) in [7, 11) is -3.63. The van der Waals surface area contributed by atoms with Crippen molar-refractivity contribution in [3.05, 3.63) is 70.8 Å². The van der Waals surface area contributed by atoms with Crippen LogP contribution in [0.5, 0.6) is 0 Å². The third-order valence-corrected chi connectivity index (χ3v) is 10.2. The first-order valence-electron chi connectivity index (χ1n) is 14.7. The largest absolute Gasteiger partial charge is 0.390 e. The first-order valence-corrected chi connectivity index (χ1v) is 16.4. The molecule has 0 unspecified atom stereocenters. The number of hydrogen-bond donors (Lipinski definition) is 4. The molecule has 0 bridgehead atoms. The lowest BCUT2D eigenvalue weighted by Crippen LogP contribution is -2.55. The number of aliphatic hydroxyl groups excluding tert-OH is 1. The number of nitrogens with two attached hydrogens (primary N) is 1. The van der Waals surface area contributed by atoms with Gasteiger partial charge in [-0.05, 0) is 67.3 Å². The number of aliphatic hydroxyl groups is 1. The topological polar surface area (TPSA) is 122 Å². The van der Waals surface area contributed by atoms with Gasteiger partial charge in [-0.15, -0.1) is 0 Å². The zero-order valence-electron chi connectivity index (χ0n) is 24.3. The van der Waals surface area contributed by atoms with E-state index in [9.17, 15) is 27.1 Å². The Morgan fingerprint density at radius 3 is 2.22 bits per heavy atom. The number of carbonyl (C=O) groups excluding carboxylic acids is 1. The maximum absolute atomic E-state index is 13.9. The molecule has 41 heavy (non-hydrogen) atoms. The van der Waals surface area contributed by atoms with Gasteiger partial charge in [-0.25, -0.2) is 17.2 Å². The average molecular weight is 594 g/mol. The van der Waals surface area contributed by atoms with E-state index < -0.39 is 56.6 Å². The Labute approximate surface area is 243 Å². The van der Waals surface area contributed by atoms with E-state index in [1.54, 1.807) is 0 Å². The minimum atomic E-state index is -3.63. The van der Waals surface area contributed by atoms with E-state index in [0.29, 0.717) is 25.7 Å². The monoisotopic (exact) mass is 593 g/mol. The molecule has 1 aliphatic carbocycles. The third-order valence-electron chi connectivity index (χ3n) is 7.94. The molecule has 1 fully saturated rings. The van der Waals surface area contributed by atoms with Gasteiger partial charge in [0, 0.05) is 18.2 Å². The van der Waals surface area contributed by atoms with Crippen molar-refractivity contribution in [1.82, 2.24) is 10.6 Å². The normalized spacial score (nSPS) is 16.8. The molecule has 1 aliphatic rings. The molecule has 0 aromatic heterocycles. The Morgan fingerprint density at radius 1 is 1.02 bits per heavy atom. The molecule has 228 valence electrons. The second kappa shape index (κ2) is 14.7. The lowest BCUT2D eigenvalue weighted by molar-refractivity contribution is -0.123. The third kappa shape index (κ3) is 9.30. The predicted molar refractivity (Wildman–Crippen MR) is 158 cm³/mol. The van der Waals surface area contributed by atoms with Gasteiger partial charge in [0.1, 0.15) is 11.6 Å². The molecule has 0 aliphatic heterocycles.